The summed E-state index contributed by atoms with van der Waals surface area (Å²) in [4.78, 5) is 22.0. The molecule has 1 aromatic carbocycles. The van der Waals surface area contributed by atoms with Crippen molar-refractivity contribution in [2.75, 3.05) is 6.61 Å². The van der Waals surface area contributed by atoms with E-state index in [1.807, 2.05) is 0 Å². The standard InChI is InChI=1S/C10H8BrF2NO4/c11-4-1-5(12)8(6(13)2-4)9(16)14-7(3-15)10(17)18/h1-2,7,15H,3H2,(H,14,16)(H,17,18)/t7-/m0/s1. The van der Waals surface area contributed by atoms with Gasteiger partial charge in [0.2, 0.25) is 0 Å². The Labute approximate surface area is 109 Å². The quantitative estimate of drug-likeness (QED) is 0.768. The molecule has 3 N–H and O–H groups in total. The molecule has 0 aliphatic heterocycles. The summed E-state index contributed by atoms with van der Waals surface area (Å²) in [5, 5.41) is 19.1. The Bertz CT molecular complexity index is 472. The van der Waals surface area contributed by atoms with Gasteiger partial charge in [-0.25, -0.2) is 13.6 Å². The van der Waals surface area contributed by atoms with Gasteiger partial charge in [0.15, 0.2) is 6.04 Å². The van der Waals surface area contributed by atoms with E-state index in [4.69, 9.17) is 10.2 Å². The largest absolute Gasteiger partial charge is 0.480 e. The Hall–Kier alpha value is -1.54. The summed E-state index contributed by atoms with van der Waals surface area (Å²) in [7, 11) is 0. The second-order valence-electron chi connectivity index (χ2n) is 3.29. The van der Waals surface area contributed by atoms with E-state index >= 15 is 0 Å². The number of halogens is 3. The zero-order valence-corrected chi connectivity index (χ0v) is 10.4. The molecule has 0 unspecified atom stereocenters. The van der Waals surface area contributed by atoms with Gasteiger partial charge in [0.05, 0.1) is 6.61 Å². The Kier molecular flexibility index (Phi) is 4.74. The summed E-state index contributed by atoms with van der Waals surface area (Å²) >= 11 is 2.84. The number of aliphatic hydroxyl groups excluding tert-OH is 1. The Balaban J connectivity index is 3.01. The zero-order valence-electron chi connectivity index (χ0n) is 8.78. The minimum Gasteiger partial charge on any atom is -0.480 e. The van der Waals surface area contributed by atoms with Gasteiger partial charge in [-0.15, -0.1) is 0 Å². The molecule has 18 heavy (non-hydrogen) atoms. The van der Waals surface area contributed by atoms with E-state index in [-0.39, 0.29) is 4.47 Å². The fraction of sp³-hybridized carbons (Fsp3) is 0.200. The van der Waals surface area contributed by atoms with E-state index in [9.17, 15) is 18.4 Å². The van der Waals surface area contributed by atoms with Crippen molar-refractivity contribution in [1.82, 2.24) is 5.32 Å². The van der Waals surface area contributed by atoms with Crippen LogP contribution < -0.4 is 5.32 Å². The summed E-state index contributed by atoms with van der Waals surface area (Å²) in [6.07, 6.45) is 0. The molecular weight excluding hydrogens is 316 g/mol. The molecule has 1 amide bonds. The highest BCUT2D eigenvalue weighted by atomic mass is 79.9. The summed E-state index contributed by atoms with van der Waals surface area (Å²) in [5.41, 5.74) is -0.905. The SMILES string of the molecule is O=C(N[C@@H](CO)C(=O)O)c1c(F)cc(Br)cc1F. The molecule has 0 saturated heterocycles. The van der Waals surface area contributed by atoms with Gasteiger partial charge in [-0.3, -0.25) is 4.79 Å². The van der Waals surface area contributed by atoms with Gasteiger partial charge in [0, 0.05) is 4.47 Å². The first kappa shape index (κ1) is 14.5. The number of carbonyl (C=O) groups excluding carboxylic acids is 1. The predicted molar refractivity (Wildman–Crippen MR) is 60.0 cm³/mol. The molecule has 98 valence electrons. The normalized spacial score (nSPS) is 12.0. The van der Waals surface area contributed by atoms with Gasteiger partial charge >= 0.3 is 5.97 Å². The first-order valence-electron chi connectivity index (χ1n) is 4.66. The Morgan fingerprint density at radius 3 is 2.22 bits per heavy atom. The monoisotopic (exact) mass is 323 g/mol. The van der Waals surface area contributed by atoms with E-state index in [0.717, 1.165) is 12.1 Å². The third-order valence-corrected chi connectivity index (χ3v) is 2.48. The van der Waals surface area contributed by atoms with Gasteiger partial charge in [0.25, 0.3) is 5.91 Å². The highest BCUT2D eigenvalue weighted by Gasteiger charge is 2.24. The number of aliphatic hydroxyl groups is 1. The van der Waals surface area contributed by atoms with Crippen molar-refractivity contribution >= 4 is 27.8 Å². The summed E-state index contributed by atoms with van der Waals surface area (Å²) < 4.78 is 26.9. The van der Waals surface area contributed by atoms with E-state index < -0.39 is 41.7 Å². The number of nitrogens with one attached hydrogen (secondary N) is 1. The fourth-order valence-corrected chi connectivity index (χ4v) is 1.58. The molecule has 0 heterocycles. The number of amides is 1. The third-order valence-electron chi connectivity index (χ3n) is 2.02. The lowest BCUT2D eigenvalue weighted by Gasteiger charge is -2.12. The van der Waals surface area contributed by atoms with Crippen LogP contribution in [-0.2, 0) is 4.79 Å². The molecule has 8 heteroatoms. The first-order chi connectivity index (χ1) is 8.36. The van der Waals surface area contributed by atoms with Crippen LogP contribution in [-0.4, -0.2) is 34.7 Å². The fourth-order valence-electron chi connectivity index (χ4n) is 1.18. The maximum absolute atomic E-state index is 13.4. The predicted octanol–water partition coefficient (Wildman–Crippen LogP) is 0.903. The van der Waals surface area contributed by atoms with Crippen LogP contribution in [0.4, 0.5) is 8.78 Å². The van der Waals surface area contributed by atoms with Crippen molar-refractivity contribution in [1.29, 1.82) is 0 Å². The summed E-state index contributed by atoms with van der Waals surface area (Å²) in [6, 6.07) is 0.110. The number of hydrogen-bond acceptors (Lipinski definition) is 3. The van der Waals surface area contributed by atoms with Crippen molar-refractivity contribution in [2.24, 2.45) is 0 Å². The van der Waals surface area contributed by atoms with Crippen molar-refractivity contribution < 1.29 is 28.6 Å². The van der Waals surface area contributed by atoms with E-state index in [1.165, 1.54) is 0 Å². The van der Waals surface area contributed by atoms with Crippen LogP contribution in [0.25, 0.3) is 0 Å². The van der Waals surface area contributed by atoms with Crippen LogP contribution in [0.15, 0.2) is 16.6 Å². The number of hydrogen-bond donors (Lipinski definition) is 3. The minimum atomic E-state index is -1.63. The van der Waals surface area contributed by atoms with Crippen LogP contribution in [0.5, 0.6) is 0 Å². The number of carbonyl (C=O) groups is 2. The molecule has 0 spiro atoms. The molecule has 5 nitrogen and oxygen atoms in total. The maximum Gasteiger partial charge on any atom is 0.328 e. The minimum absolute atomic E-state index is 0.103. The van der Waals surface area contributed by atoms with E-state index in [1.54, 1.807) is 5.32 Å². The molecule has 0 aliphatic carbocycles. The average Bonchev–Trinajstić information content (AvgIpc) is 2.23. The van der Waals surface area contributed by atoms with E-state index in [0.29, 0.717) is 0 Å². The summed E-state index contributed by atoms with van der Waals surface area (Å²) in [5.74, 6) is -5.04. The zero-order chi connectivity index (χ0) is 13.9. The first-order valence-corrected chi connectivity index (χ1v) is 5.45. The second kappa shape index (κ2) is 5.87. The lowest BCUT2D eigenvalue weighted by Crippen LogP contribution is -2.43. The van der Waals surface area contributed by atoms with Crippen LogP contribution >= 0.6 is 15.9 Å². The Morgan fingerprint density at radius 2 is 1.83 bits per heavy atom. The number of rotatable bonds is 4. The number of carboxylic acids is 1. The second-order valence-corrected chi connectivity index (χ2v) is 4.21. The van der Waals surface area contributed by atoms with Crippen LogP contribution in [0.1, 0.15) is 10.4 Å². The molecular formula is C10H8BrF2NO4. The van der Waals surface area contributed by atoms with Gasteiger partial charge in [0.1, 0.15) is 17.2 Å². The molecule has 0 fully saturated rings. The van der Waals surface area contributed by atoms with Crippen molar-refractivity contribution in [3.63, 3.8) is 0 Å². The van der Waals surface area contributed by atoms with Gasteiger partial charge in [-0.05, 0) is 12.1 Å². The highest BCUT2D eigenvalue weighted by molar-refractivity contribution is 9.10. The molecule has 0 bridgehead atoms. The van der Waals surface area contributed by atoms with Gasteiger partial charge < -0.3 is 15.5 Å². The topological polar surface area (TPSA) is 86.6 Å². The molecule has 0 radical (unpaired) electrons. The molecule has 0 aliphatic rings. The highest BCUT2D eigenvalue weighted by Crippen LogP contribution is 2.19. The maximum atomic E-state index is 13.4. The number of benzene rings is 1. The van der Waals surface area contributed by atoms with Crippen molar-refractivity contribution in [3.05, 3.63) is 33.8 Å². The molecule has 0 saturated carbocycles. The van der Waals surface area contributed by atoms with Crippen LogP contribution in [0, 0.1) is 11.6 Å². The van der Waals surface area contributed by atoms with Crippen LogP contribution in [0.3, 0.4) is 0 Å². The molecule has 0 aromatic heterocycles. The number of carboxylic acid groups (broad SMARTS) is 1. The third kappa shape index (κ3) is 3.23. The smallest absolute Gasteiger partial charge is 0.328 e. The Morgan fingerprint density at radius 1 is 1.33 bits per heavy atom. The summed E-state index contributed by atoms with van der Waals surface area (Å²) in [6.45, 7) is -0.888. The van der Waals surface area contributed by atoms with Gasteiger partial charge in [-0.2, -0.15) is 0 Å². The molecule has 1 rings (SSSR count). The van der Waals surface area contributed by atoms with Crippen LogP contribution in [0.2, 0.25) is 0 Å². The molecule has 1 aromatic rings. The average molecular weight is 324 g/mol. The number of aliphatic carboxylic acids is 1. The lowest BCUT2D eigenvalue weighted by atomic mass is 10.1. The van der Waals surface area contributed by atoms with E-state index in [2.05, 4.69) is 15.9 Å². The van der Waals surface area contributed by atoms with Crippen molar-refractivity contribution in [3.8, 4) is 0 Å². The lowest BCUT2D eigenvalue weighted by molar-refractivity contribution is -0.140. The van der Waals surface area contributed by atoms with Gasteiger partial charge in [-0.1, -0.05) is 15.9 Å². The van der Waals surface area contributed by atoms with Crippen molar-refractivity contribution in [2.45, 2.75) is 6.04 Å². The molecule has 1 atom stereocenters.